The van der Waals surface area contributed by atoms with Crippen molar-refractivity contribution < 1.29 is 14.3 Å². The Kier molecular flexibility index (Phi) is 8.25. The summed E-state index contributed by atoms with van der Waals surface area (Å²) in [7, 11) is 1.36. The van der Waals surface area contributed by atoms with Gasteiger partial charge in [0.1, 0.15) is 6.04 Å². The quantitative estimate of drug-likeness (QED) is 0.702. The molecule has 2 atom stereocenters. The molecule has 1 aliphatic heterocycles. The highest BCUT2D eigenvalue weighted by atomic mass is 16.5. The van der Waals surface area contributed by atoms with Crippen LogP contribution in [0, 0.1) is 12.8 Å². The van der Waals surface area contributed by atoms with Gasteiger partial charge in [-0.05, 0) is 18.4 Å². The van der Waals surface area contributed by atoms with E-state index in [2.05, 4.69) is 46.3 Å². The number of hydrogen-bond acceptors (Lipinski definition) is 5. The number of methoxy groups -OCH3 is 1. The molecule has 0 bridgehead atoms. The lowest BCUT2D eigenvalue weighted by Crippen LogP contribution is -2.52. The van der Waals surface area contributed by atoms with Crippen molar-refractivity contribution in [1.82, 2.24) is 15.1 Å². The number of aryl methyl sites for hydroxylation is 1. The van der Waals surface area contributed by atoms with E-state index < -0.39 is 6.04 Å². The highest BCUT2D eigenvalue weighted by Gasteiger charge is 2.27. The molecular weight excluding hydrogens is 342 g/mol. The Morgan fingerprint density at radius 3 is 2.44 bits per heavy atom. The van der Waals surface area contributed by atoms with Crippen LogP contribution in [0.15, 0.2) is 24.3 Å². The fraction of sp³-hybridized carbons (Fsp3) is 0.619. The number of benzene rings is 1. The Bertz CT molecular complexity index is 627. The zero-order valence-electron chi connectivity index (χ0n) is 17.0. The topological polar surface area (TPSA) is 61.9 Å². The summed E-state index contributed by atoms with van der Waals surface area (Å²) in [5, 5.41) is 2.85. The maximum atomic E-state index is 12.4. The molecule has 0 saturated carbocycles. The Balaban J connectivity index is 1.78. The predicted octanol–water partition coefficient (Wildman–Crippen LogP) is 1.82. The first-order chi connectivity index (χ1) is 12.9. The van der Waals surface area contributed by atoms with Crippen LogP contribution in [0.3, 0.4) is 0 Å². The number of ether oxygens (including phenoxy) is 1. The summed E-state index contributed by atoms with van der Waals surface area (Å²) in [6, 6.07) is 8.02. The number of carbonyl (C=O) groups is 2. The van der Waals surface area contributed by atoms with E-state index in [1.807, 2.05) is 13.8 Å². The SMILES string of the molecule is CC[C@H](C)[C@@H](NC(=O)CN1CCN(Cc2cccc(C)c2)CC1)C(=O)OC. The minimum atomic E-state index is -0.574. The van der Waals surface area contributed by atoms with Gasteiger partial charge in [-0.25, -0.2) is 4.79 Å². The van der Waals surface area contributed by atoms with Crippen molar-refractivity contribution >= 4 is 11.9 Å². The van der Waals surface area contributed by atoms with Crippen LogP contribution in [0.1, 0.15) is 31.4 Å². The molecule has 0 aromatic heterocycles. The molecule has 6 heteroatoms. The summed E-state index contributed by atoms with van der Waals surface area (Å²) in [5.74, 6) is -0.439. The first-order valence-corrected chi connectivity index (χ1v) is 9.80. The zero-order valence-corrected chi connectivity index (χ0v) is 17.0. The first-order valence-electron chi connectivity index (χ1n) is 9.80. The third-order valence-corrected chi connectivity index (χ3v) is 5.31. The number of amides is 1. The van der Waals surface area contributed by atoms with Crippen LogP contribution in [0.5, 0.6) is 0 Å². The summed E-state index contributed by atoms with van der Waals surface area (Å²) in [6.45, 7) is 10.9. The van der Waals surface area contributed by atoms with E-state index in [0.717, 1.165) is 39.1 Å². The molecule has 1 heterocycles. The summed E-state index contributed by atoms with van der Waals surface area (Å²) < 4.78 is 4.83. The average Bonchev–Trinajstić information content (AvgIpc) is 2.66. The molecule has 27 heavy (non-hydrogen) atoms. The van der Waals surface area contributed by atoms with Gasteiger partial charge in [0.25, 0.3) is 0 Å². The number of esters is 1. The van der Waals surface area contributed by atoms with Crippen LogP contribution in [0.2, 0.25) is 0 Å². The van der Waals surface area contributed by atoms with Gasteiger partial charge < -0.3 is 10.1 Å². The van der Waals surface area contributed by atoms with Crippen LogP contribution < -0.4 is 5.32 Å². The second kappa shape index (κ2) is 10.4. The summed E-state index contributed by atoms with van der Waals surface area (Å²) in [5.41, 5.74) is 2.61. The van der Waals surface area contributed by atoms with Gasteiger partial charge in [-0.2, -0.15) is 0 Å². The molecule has 0 radical (unpaired) electrons. The van der Waals surface area contributed by atoms with E-state index in [1.165, 1.54) is 18.2 Å². The lowest BCUT2D eigenvalue weighted by molar-refractivity contribution is -0.146. The molecule has 2 rings (SSSR count). The number of nitrogens with one attached hydrogen (secondary N) is 1. The third kappa shape index (κ3) is 6.63. The molecule has 0 spiro atoms. The Morgan fingerprint density at radius 1 is 1.19 bits per heavy atom. The van der Waals surface area contributed by atoms with Crippen molar-refractivity contribution in [3.63, 3.8) is 0 Å². The van der Waals surface area contributed by atoms with Crippen LogP contribution >= 0.6 is 0 Å². The number of nitrogens with zero attached hydrogens (tertiary/aromatic N) is 2. The van der Waals surface area contributed by atoms with E-state index >= 15 is 0 Å². The molecule has 1 aromatic carbocycles. The van der Waals surface area contributed by atoms with Crippen LogP contribution in [0.4, 0.5) is 0 Å². The van der Waals surface area contributed by atoms with Crippen molar-refractivity contribution in [1.29, 1.82) is 0 Å². The van der Waals surface area contributed by atoms with Crippen molar-refractivity contribution in [2.45, 2.75) is 39.8 Å². The summed E-state index contributed by atoms with van der Waals surface area (Å²) in [6.07, 6.45) is 0.803. The highest BCUT2D eigenvalue weighted by molar-refractivity contribution is 5.85. The Hall–Kier alpha value is -1.92. The van der Waals surface area contributed by atoms with Gasteiger partial charge in [0, 0.05) is 32.7 Å². The predicted molar refractivity (Wildman–Crippen MR) is 106 cm³/mol. The van der Waals surface area contributed by atoms with Gasteiger partial charge in [0.05, 0.1) is 13.7 Å². The van der Waals surface area contributed by atoms with Gasteiger partial charge in [-0.15, -0.1) is 0 Å². The lowest BCUT2D eigenvalue weighted by atomic mass is 9.99. The van der Waals surface area contributed by atoms with E-state index in [-0.39, 0.29) is 17.8 Å². The van der Waals surface area contributed by atoms with Gasteiger partial charge in [0.2, 0.25) is 5.91 Å². The number of hydrogen-bond donors (Lipinski definition) is 1. The molecule has 1 N–H and O–H groups in total. The largest absolute Gasteiger partial charge is 0.467 e. The van der Waals surface area contributed by atoms with E-state index in [4.69, 9.17) is 4.74 Å². The second-order valence-corrected chi connectivity index (χ2v) is 7.50. The Morgan fingerprint density at radius 2 is 1.85 bits per heavy atom. The molecular formula is C21H33N3O3. The number of rotatable bonds is 8. The van der Waals surface area contributed by atoms with Gasteiger partial charge in [-0.3, -0.25) is 14.6 Å². The minimum absolute atomic E-state index is 0.0487. The molecule has 1 fully saturated rings. The highest BCUT2D eigenvalue weighted by Crippen LogP contribution is 2.11. The number of carbonyl (C=O) groups excluding carboxylic acids is 2. The van der Waals surface area contributed by atoms with E-state index in [1.54, 1.807) is 0 Å². The molecule has 6 nitrogen and oxygen atoms in total. The second-order valence-electron chi connectivity index (χ2n) is 7.50. The van der Waals surface area contributed by atoms with Crippen molar-refractivity contribution in [2.75, 3.05) is 39.8 Å². The summed E-state index contributed by atoms with van der Waals surface area (Å²) in [4.78, 5) is 28.9. The van der Waals surface area contributed by atoms with Gasteiger partial charge in [-0.1, -0.05) is 50.1 Å². The van der Waals surface area contributed by atoms with Crippen molar-refractivity contribution in [3.8, 4) is 0 Å². The molecule has 0 aliphatic carbocycles. The standard InChI is InChI=1S/C21H33N3O3/c1-5-17(3)20(21(26)27-4)22-19(25)15-24-11-9-23(10-12-24)14-18-8-6-7-16(2)13-18/h6-8,13,17,20H,5,9-12,14-15H2,1-4H3,(H,22,25)/t17-,20+/m0/s1. The molecule has 0 unspecified atom stereocenters. The fourth-order valence-electron chi connectivity index (χ4n) is 3.39. The van der Waals surface area contributed by atoms with Crippen molar-refractivity contribution in [2.24, 2.45) is 5.92 Å². The monoisotopic (exact) mass is 375 g/mol. The fourth-order valence-corrected chi connectivity index (χ4v) is 3.39. The van der Waals surface area contributed by atoms with Gasteiger partial charge >= 0.3 is 5.97 Å². The molecule has 1 amide bonds. The molecule has 1 aromatic rings. The smallest absolute Gasteiger partial charge is 0.328 e. The molecule has 1 saturated heterocycles. The number of piperazine rings is 1. The van der Waals surface area contributed by atoms with E-state index in [0.29, 0.717) is 6.54 Å². The normalized spacial score (nSPS) is 17.9. The molecule has 150 valence electrons. The van der Waals surface area contributed by atoms with Crippen LogP contribution in [-0.4, -0.2) is 67.6 Å². The van der Waals surface area contributed by atoms with Crippen molar-refractivity contribution in [3.05, 3.63) is 35.4 Å². The lowest BCUT2D eigenvalue weighted by Gasteiger charge is -2.34. The third-order valence-electron chi connectivity index (χ3n) is 5.31. The maximum Gasteiger partial charge on any atom is 0.328 e. The van der Waals surface area contributed by atoms with Crippen LogP contribution in [-0.2, 0) is 20.9 Å². The minimum Gasteiger partial charge on any atom is -0.467 e. The van der Waals surface area contributed by atoms with Gasteiger partial charge in [0.15, 0.2) is 0 Å². The summed E-state index contributed by atoms with van der Waals surface area (Å²) >= 11 is 0. The average molecular weight is 376 g/mol. The maximum absolute atomic E-state index is 12.4. The van der Waals surface area contributed by atoms with E-state index in [9.17, 15) is 9.59 Å². The first kappa shape index (κ1) is 21.4. The zero-order chi connectivity index (χ0) is 19.8. The molecule has 1 aliphatic rings. The Labute approximate surface area is 162 Å². The van der Waals surface area contributed by atoms with Crippen LogP contribution in [0.25, 0.3) is 0 Å².